The van der Waals surface area contributed by atoms with Crippen LogP contribution in [-0.4, -0.2) is 24.9 Å². The number of amides is 1. The van der Waals surface area contributed by atoms with Crippen LogP contribution in [0.5, 0.6) is 0 Å². The Balaban J connectivity index is 2.33. The topological polar surface area (TPSA) is 94.2 Å². The third-order valence-corrected chi connectivity index (χ3v) is 5.62. The van der Waals surface area contributed by atoms with Crippen LogP contribution in [0.4, 0.5) is 0 Å². The lowest BCUT2D eigenvalue weighted by atomic mass is 9.95. The SMILES string of the molecule is CCC(CC)C(C)NC(=O)c1cc(S(N)(=O)=O)cn1Cc1ccccc1. The van der Waals surface area contributed by atoms with Crippen LogP contribution >= 0.6 is 0 Å². The molecule has 1 amide bonds. The van der Waals surface area contributed by atoms with Gasteiger partial charge in [-0.1, -0.05) is 57.0 Å². The zero-order valence-electron chi connectivity index (χ0n) is 15.5. The highest BCUT2D eigenvalue weighted by Gasteiger charge is 2.22. The summed E-state index contributed by atoms with van der Waals surface area (Å²) in [5.74, 6) is 0.0735. The van der Waals surface area contributed by atoms with E-state index in [1.165, 1.54) is 12.3 Å². The Hall–Kier alpha value is -2.12. The van der Waals surface area contributed by atoms with Gasteiger partial charge in [-0.05, 0) is 24.5 Å². The van der Waals surface area contributed by atoms with Gasteiger partial charge >= 0.3 is 0 Å². The van der Waals surface area contributed by atoms with Gasteiger partial charge in [0.25, 0.3) is 5.91 Å². The maximum absolute atomic E-state index is 12.8. The molecule has 1 unspecified atom stereocenters. The third-order valence-electron chi connectivity index (χ3n) is 4.74. The second-order valence-corrected chi connectivity index (χ2v) is 8.12. The van der Waals surface area contributed by atoms with Crippen molar-refractivity contribution in [1.29, 1.82) is 0 Å². The van der Waals surface area contributed by atoms with Crippen LogP contribution in [0.2, 0.25) is 0 Å². The Bertz CT molecular complexity index is 840. The molecule has 2 aromatic rings. The molecule has 6 nitrogen and oxygen atoms in total. The van der Waals surface area contributed by atoms with E-state index in [9.17, 15) is 13.2 Å². The summed E-state index contributed by atoms with van der Waals surface area (Å²) in [5, 5.41) is 8.25. The molecule has 0 saturated heterocycles. The van der Waals surface area contributed by atoms with Crippen molar-refractivity contribution >= 4 is 15.9 Å². The molecule has 0 spiro atoms. The maximum Gasteiger partial charge on any atom is 0.268 e. The van der Waals surface area contributed by atoms with Gasteiger partial charge in [0.15, 0.2) is 0 Å². The van der Waals surface area contributed by atoms with Crippen molar-refractivity contribution in [2.24, 2.45) is 11.1 Å². The van der Waals surface area contributed by atoms with E-state index in [2.05, 4.69) is 19.2 Å². The van der Waals surface area contributed by atoms with Gasteiger partial charge in [-0.25, -0.2) is 13.6 Å². The standard InChI is InChI=1S/C19H27N3O3S/c1-4-16(5-2)14(3)21-19(23)18-11-17(26(20,24)25)13-22(18)12-15-9-7-6-8-10-15/h6-11,13-14,16H,4-5,12H2,1-3H3,(H,21,23)(H2,20,24,25). The number of carbonyl (C=O) groups excluding carboxylic acids is 1. The van der Waals surface area contributed by atoms with Crippen LogP contribution in [0, 0.1) is 5.92 Å². The summed E-state index contributed by atoms with van der Waals surface area (Å²) < 4.78 is 25.1. The van der Waals surface area contributed by atoms with Crippen molar-refractivity contribution in [1.82, 2.24) is 9.88 Å². The predicted octanol–water partition coefficient (Wildman–Crippen LogP) is 2.74. The molecule has 1 heterocycles. The molecule has 2 rings (SSSR count). The number of nitrogens with one attached hydrogen (secondary N) is 1. The van der Waals surface area contributed by atoms with Crippen molar-refractivity contribution < 1.29 is 13.2 Å². The van der Waals surface area contributed by atoms with E-state index in [-0.39, 0.29) is 22.5 Å². The Morgan fingerprint density at radius 3 is 2.35 bits per heavy atom. The molecule has 1 aromatic carbocycles. The summed E-state index contributed by atoms with van der Waals surface area (Å²) >= 11 is 0. The Kier molecular flexibility index (Phi) is 6.61. The quantitative estimate of drug-likeness (QED) is 0.740. The summed E-state index contributed by atoms with van der Waals surface area (Å²) in [4.78, 5) is 12.7. The zero-order valence-corrected chi connectivity index (χ0v) is 16.3. The van der Waals surface area contributed by atoms with Crippen LogP contribution in [-0.2, 0) is 16.6 Å². The molecule has 142 valence electrons. The average molecular weight is 378 g/mol. The number of aromatic nitrogens is 1. The fourth-order valence-electron chi connectivity index (χ4n) is 3.13. The normalized spacial score (nSPS) is 13.0. The first-order chi connectivity index (χ1) is 12.3. The van der Waals surface area contributed by atoms with Gasteiger partial charge in [0.05, 0.1) is 0 Å². The Labute approximate surface area is 155 Å². The molecule has 1 atom stereocenters. The van der Waals surface area contributed by atoms with Gasteiger partial charge in [-0.3, -0.25) is 4.79 Å². The molecule has 0 aliphatic carbocycles. The van der Waals surface area contributed by atoms with E-state index < -0.39 is 10.0 Å². The van der Waals surface area contributed by atoms with Crippen LogP contribution in [0.3, 0.4) is 0 Å². The first-order valence-electron chi connectivity index (χ1n) is 8.84. The largest absolute Gasteiger partial charge is 0.348 e. The highest BCUT2D eigenvalue weighted by Crippen LogP contribution is 2.17. The minimum absolute atomic E-state index is 0.00416. The number of hydrogen-bond donors (Lipinski definition) is 2. The fourth-order valence-corrected chi connectivity index (χ4v) is 3.68. The fraction of sp³-hybridized carbons (Fsp3) is 0.421. The molecular formula is C19H27N3O3S. The molecule has 0 bridgehead atoms. The smallest absolute Gasteiger partial charge is 0.268 e. The molecule has 0 fully saturated rings. The van der Waals surface area contributed by atoms with E-state index in [0.29, 0.717) is 12.5 Å². The van der Waals surface area contributed by atoms with Crippen molar-refractivity contribution in [2.45, 2.75) is 51.1 Å². The van der Waals surface area contributed by atoms with E-state index in [1.54, 1.807) is 4.57 Å². The zero-order chi connectivity index (χ0) is 19.3. The number of hydrogen-bond acceptors (Lipinski definition) is 3. The summed E-state index contributed by atoms with van der Waals surface area (Å²) in [6.07, 6.45) is 3.34. The van der Waals surface area contributed by atoms with E-state index in [1.807, 2.05) is 37.3 Å². The summed E-state index contributed by atoms with van der Waals surface area (Å²) in [7, 11) is -3.89. The van der Waals surface area contributed by atoms with E-state index in [4.69, 9.17) is 5.14 Å². The van der Waals surface area contributed by atoms with Crippen LogP contribution < -0.4 is 10.5 Å². The molecule has 26 heavy (non-hydrogen) atoms. The Morgan fingerprint density at radius 2 is 1.81 bits per heavy atom. The molecule has 0 aliphatic rings. The molecule has 0 radical (unpaired) electrons. The second-order valence-electron chi connectivity index (χ2n) is 6.56. The highest BCUT2D eigenvalue weighted by atomic mass is 32.2. The summed E-state index contributed by atoms with van der Waals surface area (Å²) in [6, 6.07) is 10.9. The highest BCUT2D eigenvalue weighted by molar-refractivity contribution is 7.89. The second kappa shape index (κ2) is 8.51. The average Bonchev–Trinajstić information content (AvgIpc) is 3.01. The van der Waals surface area contributed by atoms with Gasteiger partial charge < -0.3 is 9.88 Å². The first-order valence-corrected chi connectivity index (χ1v) is 10.4. The van der Waals surface area contributed by atoms with Crippen molar-refractivity contribution in [3.05, 3.63) is 53.9 Å². The number of primary sulfonamides is 1. The van der Waals surface area contributed by atoms with E-state index >= 15 is 0 Å². The number of carbonyl (C=O) groups is 1. The predicted molar refractivity (Wildman–Crippen MR) is 102 cm³/mol. The van der Waals surface area contributed by atoms with Crippen LogP contribution in [0.15, 0.2) is 47.5 Å². The van der Waals surface area contributed by atoms with Gasteiger partial charge in [-0.15, -0.1) is 0 Å². The summed E-state index contributed by atoms with van der Waals surface area (Å²) in [5.41, 5.74) is 1.25. The third kappa shape index (κ3) is 4.95. The molecular weight excluding hydrogens is 350 g/mol. The van der Waals surface area contributed by atoms with Crippen molar-refractivity contribution in [3.63, 3.8) is 0 Å². The van der Waals surface area contributed by atoms with Crippen LogP contribution in [0.1, 0.15) is 49.7 Å². The molecule has 0 aliphatic heterocycles. The number of benzene rings is 1. The lowest BCUT2D eigenvalue weighted by molar-refractivity contribution is 0.0916. The lowest BCUT2D eigenvalue weighted by Gasteiger charge is -2.22. The molecule has 0 saturated carbocycles. The Morgan fingerprint density at radius 1 is 1.19 bits per heavy atom. The summed E-state index contributed by atoms with van der Waals surface area (Å²) in [6.45, 7) is 6.54. The number of nitrogens with two attached hydrogens (primary N) is 1. The minimum atomic E-state index is -3.89. The first kappa shape index (κ1) is 20.2. The van der Waals surface area contributed by atoms with Gasteiger partial charge in [0.1, 0.15) is 10.6 Å². The van der Waals surface area contributed by atoms with Gasteiger partial charge in [0.2, 0.25) is 10.0 Å². The molecule has 3 N–H and O–H groups in total. The van der Waals surface area contributed by atoms with Crippen molar-refractivity contribution in [3.8, 4) is 0 Å². The molecule has 7 heteroatoms. The van der Waals surface area contributed by atoms with Gasteiger partial charge in [0, 0.05) is 18.8 Å². The van der Waals surface area contributed by atoms with Crippen LogP contribution in [0.25, 0.3) is 0 Å². The van der Waals surface area contributed by atoms with E-state index in [0.717, 1.165) is 18.4 Å². The maximum atomic E-state index is 12.8. The number of sulfonamides is 1. The number of rotatable bonds is 8. The molecule has 1 aromatic heterocycles. The lowest BCUT2D eigenvalue weighted by Crippen LogP contribution is -2.38. The van der Waals surface area contributed by atoms with Crippen molar-refractivity contribution in [2.75, 3.05) is 0 Å². The minimum Gasteiger partial charge on any atom is -0.348 e. The van der Waals surface area contributed by atoms with Gasteiger partial charge in [-0.2, -0.15) is 0 Å². The monoisotopic (exact) mass is 377 g/mol. The number of nitrogens with zero attached hydrogens (tertiary/aromatic N) is 1.